The van der Waals surface area contributed by atoms with Crippen LogP contribution in [0.15, 0.2) is 24.3 Å². The zero-order chi connectivity index (χ0) is 20.1. The molecule has 0 aliphatic carbocycles. The lowest BCUT2D eigenvalue weighted by atomic mass is 9.95. The highest BCUT2D eigenvalue weighted by atomic mass is 35.5. The third kappa shape index (κ3) is 3.34. The molecule has 3 heterocycles. The molecule has 0 spiro atoms. The zero-order valence-electron chi connectivity index (χ0n) is 17.2. The fourth-order valence-corrected chi connectivity index (χ4v) is 3.96. The average molecular weight is 399 g/mol. The fraction of sp³-hybridized carbons (Fsp3) is 0.524. The molecule has 0 radical (unpaired) electrons. The second-order valence-electron chi connectivity index (χ2n) is 9.20. The van der Waals surface area contributed by atoms with Crippen LogP contribution in [0.5, 0.6) is 0 Å². The molecule has 1 aromatic carbocycles. The van der Waals surface area contributed by atoms with Crippen molar-refractivity contribution in [3.05, 3.63) is 40.7 Å². The van der Waals surface area contributed by atoms with Crippen molar-refractivity contribution in [1.29, 1.82) is 0 Å². The number of anilines is 1. The topological polar surface area (TPSA) is 59.7 Å². The zero-order valence-corrected chi connectivity index (χ0v) is 18.0. The molecule has 0 saturated carbocycles. The summed E-state index contributed by atoms with van der Waals surface area (Å²) in [5, 5.41) is 9.61. The monoisotopic (exact) mass is 398 g/mol. The number of fused-ring (bicyclic) bond motifs is 1. The first-order chi connectivity index (χ1) is 13.2. The first-order valence-electron chi connectivity index (χ1n) is 9.79. The molecule has 7 heteroatoms. The van der Waals surface area contributed by atoms with Crippen LogP contribution in [0.4, 0.5) is 5.82 Å². The lowest BCUT2D eigenvalue weighted by molar-refractivity contribution is 0.507. The van der Waals surface area contributed by atoms with E-state index in [1.807, 2.05) is 28.9 Å². The third-order valence-corrected chi connectivity index (χ3v) is 5.82. The van der Waals surface area contributed by atoms with Crippen LogP contribution >= 0.6 is 11.6 Å². The molecule has 0 bridgehead atoms. The van der Waals surface area contributed by atoms with E-state index in [0.717, 1.165) is 52.8 Å². The minimum absolute atomic E-state index is 0.0446. The Morgan fingerprint density at radius 2 is 1.89 bits per heavy atom. The van der Waals surface area contributed by atoms with E-state index in [-0.39, 0.29) is 11.0 Å². The van der Waals surface area contributed by atoms with E-state index in [1.165, 1.54) is 0 Å². The molecule has 0 unspecified atom stereocenters. The minimum atomic E-state index is -0.174. The van der Waals surface area contributed by atoms with Gasteiger partial charge in [0.05, 0.1) is 6.54 Å². The summed E-state index contributed by atoms with van der Waals surface area (Å²) in [7, 11) is 0. The molecule has 1 fully saturated rings. The molecule has 4 rings (SSSR count). The summed E-state index contributed by atoms with van der Waals surface area (Å²) in [4.78, 5) is 12.2. The first-order valence-corrected chi connectivity index (χ1v) is 10.2. The average Bonchev–Trinajstić information content (AvgIpc) is 3.18. The molecular weight excluding hydrogens is 372 g/mol. The van der Waals surface area contributed by atoms with Crippen molar-refractivity contribution in [2.24, 2.45) is 0 Å². The Morgan fingerprint density at radius 1 is 1.14 bits per heavy atom. The van der Waals surface area contributed by atoms with Crippen LogP contribution < -0.4 is 4.90 Å². The highest BCUT2D eigenvalue weighted by molar-refractivity contribution is 6.31. The van der Waals surface area contributed by atoms with Crippen molar-refractivity contribution >= 4 is 28.6 Å². The molecule has 1 aliphatic heterocycles. The third-order valence-electron chi connectivity index (χ3n) is 5.45. The number of hydrogen-bond donors (Lipinski definition) is 0. The smallest absolute Gasteiger partial charge is 0.184 e. The number of rotatable bonds is 3. The predicted octanol–water partition coefficient (Wildman–Crippen LogP) is 4.60. The van der Waals surface area contributed by atoms with E-state index in [9.17, 15) is 0 Å². The molecule has 148 valence electrons. The summed E-state index contributed by atoms with van der Waals surface area (Å²) < 4.78 is 1.83. The second kappa shape index (κ2) is 6.69. The van der Waals surface area contributed by atoms with Gasteiger partial charge in [0.2, 0.25) is 0 Å². The van der Waals surface area contributed by atoms with E-state index in [2.05, 4.69) is 49.8 Å². The second-order valence-corrected chi connectivity index (χ2v) is 9.61. The summed E-state index contributed by atoms with van der Waals surface area (Å²) in [6.45, 7) is 12.4. The Morgan fingerprint density at radius 3 is 2.54 bits per heavy atom. The maximum atomic E-state index is 6.37. The molecule has 1 saturated heterocycles. The van der Waals surface area contributed by atoms with Crippen molar-refractivity contribution in [3.63, 3.8) is 0 Å². The SMILES string of the molecule is CC(C)(C)c1nc(N2CCCC2(C)C)c2nnn(Cc3ccccc3Cl)c2n1. The van der Waals surface area contributed by atoms with Gasteiger partial charge in [0, 0.05) is 22.5 Å². The van der Waals surface area contributed by atoms with E-state index in [1.54, 1.807) is 0 Å². The first kappa shape index (κ1) is 19.1. The summed E-state index contributed by atoms with van der Waals surface area (Å²) in [5.41, 5.74) is 2.39. The molecule has 1 aliphatic rings. The minimum Gasteiger partial charge on any atom is -0.349 e. The van der Waals surface area contributed by atoms with Crippen LogP contribution in [0.2, 0.25) is 5.02 Å². The molecule has 0 atom stereocenters. The van der Waals surface area contributed by atoms with Gasteiger partial charge in [0.1, 0.15) is 5.82 Å². The molecule has 28 heavy (non-hydrogen) atoms. The van der Waals surface area contributed by atoms with Crippen LogP contribution in [-0.4, -0.2) is 37.0 Å². The van der Waals surface area contributed by atoms with Gasteiger partial charge in [-0.1, -0.05) is 55.8 Å². The summed E-state index contributed by atoms with van der Waals surface area (Å²) in [5.74, 6) is 1.70. The Hall–Kier alpha value is -2.21. The van der Waals surface area contributed by atoms with Crippen LogP contribution in [0, 0.1) is 0 Å². The molecule has 0 amide bonds. The highest BCUT2D eigenvalue weighted by Crippen LogP contribution is 2.36. The summed E-state index contributed by atoms with van der Waals surface area (Å²) in [6.07, 6.45) is 2.29. The Kier molecular flexibility index (Phi) is 4.57. The van der Waals surface area contributed by atoms with Gasteiger partial charge in [0.25, 0.3) is 0 Å². The van der Waals surface area contributed by atoms with Gasteiger partial charge < -0.3 is 4.90 Å². The van der Waals surface area contributed by atoms with Gasteiger partial charge in [-0.05, 0) is 38.3 Å². The van der Waals surface area contributed by atoms with Crippen molar-refractivity contribution in [2.45, 2.75) is 65.0 Å². The van der Waals surface area contributed by atoms with Crippen LogP contribution in [0.1, 0.15) is 58.8 Å². The molecule has 2 aromatic heterocycles. The van der Waals surface area contributed by atoms with Crippen molar-refractivity contribution < 1.29 is 0 Å². The number of hydrogen-bond acceptors (Lipinski definition) is 5. The Labute approximate surface area is 170 Å². The predicted molar refractivity (Wildman–Crippen MR) is 113 cm³/mol. The lowest BCUT2D eigenvalue weighted by Crippen LogP contribution is -2.39. The summed E-state index contributed by atoms with van der Waals surface area (Å²) in [6, 6.07) is 7.81. The van der Waals surface area contributed by atoms with Crippen molar-refractivity contribution in [3.8, 4) is 0 Å². The summed E-state index contributed by atoms with van der Waals surface area (Å²) >= 11 is 6.37. The molecule has 6 nitrogen and oxygen atoms in total. The number of aromatic nitrogens is 5. The van der Waals surface area contributed by atoms with Crippen molar-refractivity contribution in [2.75, 3.05) is 11.4 Å². The normalized spacial score (nSPS) is 16.9. The van der Waals surface area contributed by atoms with Gasteiger partial charge in [-0.3, -0.25) is 0 Å². The molecule has 3 aromatic rings. The lowest BCUT2D eigenvalue weighted by Gasteiger charge is -2.33. The van der Waals surface area contributed by atoms with Gasteiger partial charge in [-0.2, -0.15) is 0 Å². The Bertz CT molecular complexity index is 1020. The maximum Gasteiger partial charge on any atom is 0.184 e. The Balaban J connectivity index is 1.88. The van der Waals surface area contributed by atoms with E-state index in [0.29, 0.717) is 6.54 Å². The van der Waals surface area contributed by atoms with Crippen molar-refractivity contribution in [1.82, 2.24) is 25.0 Å². The maximum absolute atomic E-state index is 6.37. The highest BCUT2D eigenvalue weighted by Gasteiger charge is 2.36. The van der Waals surface area contributed by atoms with Gasteiger partial charge in [-0.25, -0.2) is 14.6 Å². The van der Waals surface area contributed by atoms with Crippen LogP contribution in [0.3, 0.4) is 0 Å². The quantitative estimate of drug-likeness (QED) is 0.645. The standard InChI is InChI=1S/C21H27ClN6/c1-20(2,3)19-23-17(27-12-8-11-21(27,4)5)16-18(24-19)28(26-25-16)13-14-9-6-7-10-15(14)22/h6-7,9-10H,8,11-13H2,1-5H3. The largest absolute Gasteiger partial charge is 0.349 e. The molecular formula is C21H27ClN6. The van der Waals surface area contributed by atoms with Crippen LogP contribution in [-0.2, 0) is 12.0 Å². The van der Waals surface area contributed by atoms with E-state index in [4.69, 9.17) is 21.6 Å². The van der Waals surface area contributed by atoms with Gasteiger partial charge in [0.15, 0.2) is 17.0 Å². The van der Waals surface area contributed by atoms with Crippen LogP contribution in [0.25, 0.3) is 11.2 Å². The van der Waals surface area contributed by atoms with E-state index < -0.39 is 0 Å². The number of halogens is 1. The number of nitrogens with zero attached hydrogens (tertiary/aromatic N) is 6. The fourth-order valence-electron chi connectivity index (χ4n) is 3.76. The van der Waals surface area contributed by atoms with Gasteiger partial charge in [-0.15, -0.1) is 5.10 Å². The van der Waals surface area contributed by atoms with E-state index >= 15 is 0 Å². The number of benzene rings is 1. The molecule has 0 N–H and O–H groups in total. The van der Waals surface area contributed by atoms with Gasteiger partial charge >= 0.3 is 0 Å².